The molecular weight excluding hydrogens is 356 g/mol. The quantitative estimate of drug-likeness (QED) is 0.510. The van der Waals surface area contributed by atoms with Gasteiger partial charge in [0.1, 0.15) is 18.8 Å². The third-order valence-corrected chi connectivity index (χ3v) is 4.42. The number of aromatic nitrogens is 4. The zero-order valence-electron chi connectivity index (χ0n) is 16.1. The average molecular weight is 378 g/mol. The van der Waals surface area contributed by atoms with Crippen molar-refractivity contribution in [2.75, 3.05) is 39.7 Å². The van der Waals surface area contributed by atoms with Crippen LogP contribution in [0.25, 0.3) is 21.8 Å². The topological polar surface area (TPSA) is 88.2 Å². The van der Waals surface area contributed by atoms with Crippen molar-refractivity contribution in [3.8, 4) is 11.5 Å². The number of likely N-dealkylation sites (N-methyl/N-ethyl adjacent to an activating group) is 1. The van der Waals surface area contributed by atoms with Crippen molar-refractivity contribution in [1.82, 2.24) is 25.1 Å². The summed E-state index contributed by atoms with van der Waals surface area (Å²) in [7, 11) is 5.64. The van der Waals surface area contributed by atoms with Crippen LogP contribution in [0.5, 0.6) is 11.5 Å². The summed E-state index contributed by atoms with van der Waals surface area (Å²) in [4.78, 5) is 10.9. The van der Waals surface area contributed by atoms with Crippen molar-refractivity contribution in [3.63, 3.8) is 0 Å². The minimum absolute atomic E-state index is 0.558. The molecule has 2 heterocycles. The van der Waals surface area contributed by atoms with Crippen LogP contribution in [0, 0.1) is 0 Å². The number of aromatic amines is 1. The summed E-state index contributed by atoms with van der Waals surface area (Å²) in [6.07, 6.45) is 3.33. The molecule has 0 saturated heterocycles. The lowest BCUT2D eigenvalue weighted by Crippen LogP contribution is -2.19. The standard InChI is InChI=1S/C20H22N6O2/c1-26(2)6-7-28-19-9-15-17(10-18(19)27-3)21-12-22-20(15)24-14-4-5-16-13(8-14)11-23-25-16/h4-5,8-12H,6-7H2,1-3H3,(H,23,25)(H,21,22,24). The summed E-state index contributed by atoms with van der Waals surface area (Å²) in [5.41, 5.74) is 2.68. The Hall–Kier alpha value is -3.39. The van der Waals surface area contributed by atoms with Gasteiger partial charge in [-0.05, 0) is 38.4 Å². The Morgan fingerprint density at radius 2 is 2.00 bits per heavy atom. The first-order valence-electron chi connectivity index (χ1n) is 8.94. The van der Waals surface area contributed by atoms with Gasteiger partial charge < -0.3 is 19.7 Å². The number of benzene rings is 2. The maximum Gasteiger partial charge on any atom is 0.162 e. The van der Waals surface area contributed by atoms with Gasteiger partial charge in [0.15, 0.2) is 11.5 Å². The predicted octanol–water partition coefficient (Wildman–Crippen LogP) is 3.20. The highest BCUT2D eigenvalue weighted by Gasteiger charge is 2.12. The minimum Gasteiger partial charge on any atom is -0.493 e. The highest BCUT2D eigenvalue weighted by atomic mass is 16.5. The lowest BCUT2D eigenvalue weighted by molar-refractivity contribution is 0.251. The Labute approximate surface area is 162 Å². The molecule has 2 aromatic carbocycles. The Morgan fingerprint density at radius 1 is 1.11 bits per heavy atom. The van der Waals surface area contributed by atoms with Crippen LogP contribution in [0.4, 0.5) is 11.5 Å². The fourth-order valence-electron chi connectivity index (χ4n) is 2.93. The summed E-state index contributed by atoms with van der Waals surface area (Å²) in [6.45, 7) is 1.37. The first kappa shape index (κ1) is 18.0. The molecule has 0 bridgehead atoms. The monoisotopic (exact) mass is 378 g/mol. The molecule has 0 spiro atoms. The van der Waals surface area contributed by atoms with Gasteiger partial charge in [-0.3, -0.25) is 5.10 Å². The number of H-pyrrole nitrogens is 1. The Balaban J connectivity index is 1.69. The molecule has 28 heavy (non-hydrogen) atoms. The van der Waals surface area contributed by atoms with Crippen LogP contribution in [0.2, 0.25) is 0 Å². The van der Waals surface area contributed by atoms with Crippen LogP contribution in [0.1, 0.15) is 0 Å². The van der Waals surface area contributed by atoms with Crippen molar-refractivity contribution >= 4 is 33.3 Å². The summed E-state index contributed by atoms with van der Waals surface area (Å²) in [5, 5.41) is 12.3. The Morgan fingerprint density at radius 3 is 2.82 bits per heavy atom. The van der Waals surface area contributed by atoms with Gasteiger partial charge in [-0.2, -0.15) is 5.10 Å². The smallest absolute Gasteiger partial charge is 0.162 e. The number of ether oxygens (including phenoxy) is 2. The van der Waals surface area contributed by atoms with Gasteiger partial charge in [-0.25, -0.2) is 9.97 Å². The van der Waals surface area contributed by atoms with E-state index in [1.54, 1.807) is 13.3 Å². The van der Waals surface area contributed by atoms with Gasteiger partial charge in [0.2, 0.25) is 0 Å². The second kappa shape index (κ2) is 7.69. The molecule has 0 aliphatic heterocycles. The fraction of sp³-hybridized carbons (Fsp3) is 0.250. The van der Waals surface area contributed by atoms with Crippen molar-refractivity contribution < 1.29 is 9.47 Å². The number of nitrogens with zero attached hydrogens (tertiary/aromatic N) is 4. The number of methoxy groups -OCH3 is 1. The van der Waals surface area contributed by atoms with Gasteiger partial charge in [0.25, 0.3) is 0 Å². The van der Waals surface area contributed by atoms with Gasteiger partial charge >= 0.3 is 0 Å². The van der Waals surface area contributed by atoms with Crippen LogP contribution in [-0.4, -0.2) is 59.4 Å². The third kappa shape index (κ3) is 3.67. The van der Waals surface area contributed by atoms with E-state index >= 15 is 0 Å². The number of nitrogens with one attached hydrogen (secondary N) is 2. The molecule has 0 fully saturated rings. The molecule has 8 nitrogen and oxygen atoms in total. The molecule has 2 N–H and O–H groups in total. The van der Waals surface area contributed by atoms with Crippen LogP contribution in [-0.2, 0) is 0 Å². The van der Waals surface area contributed by atoms with E-state index in [1.807, 2.05) is 44.4 Å². The molecule has 2 aromatic heterocycles. The number of hydrogen-bond acceptors (Lipinski definition) is 7. The molecule has 4 aromatic rings. The zero-order valence-corrected chi connectivity index (χ0v) is 16.1. The first-order valence-corrected chi connectivity index (χ1v) is 8.94. The van der Waals surface area contributed by atoms with Crippen LogP contribution in [0.3, 0.4) is 0 Å². The zero-order chi connectivity index (χ0) is 19.5. The normalized spacial score (nSPS) is 11.3. The summed E-state index contributed by atoms with van der Waals surface area (Å²) in [6, 6.07) is 9.76. The van der Waals surface area contributed by atoms with Gasteiger partial charge in [-0.15, -0.1) is 0 Å². The largest absolute Gasteiger partial charge is 0.493 e. The predicted molar refractivity (Wildman–Crippen MR) is 110 cm³/mol. The summed E-state index contributed by atoms with van der Waals surface area (Å²) in [5.74, 6) is 2.02. The molecule has 0 saturated carbocycles. The maximum atomic E-state index is 5.94. The van der Waals surface area contributed by atoms with Gasteiger partial charge in [0.05, 0.1) is 24.3 Å². The minimum atomic E-state index is 0.558. The van der Waals surface area contributed by atoms with E-state index in [-0.39, 0.29) is 0 Å². The molecule has 0 aliphatic rings. The molecular formula is C20H22N6O2. The van der Waals surface area contributed by atoms with Crippen molar-refractivity contribution in [1.29, 1.82) is 0 Å². The second-order valence-corrected chi connectivity index (χ2v) is 6.69. The van der Waals surface area contributed by atoms with Crippen LogP contribution < -0.4 is 14.8 Å². The van der Waals surface area contributed by atoms with E-state index < -0.39 is 0 Å². The Kier molecular flexibility index (Phi) is 4.94. The van der Waals surface area contributed by atoms with Gasteiger partial charge in [0, 0.05) is 29.1 Å². The summed E-state index contributed by atoms with van der Waals surface area (Å²) < 4.78 is 11.4. The maximum absolute atomic E-state index is 5.94. The molecule has 0 aliphatic carbocycles. The highest BCUT2D eigenvalue weighted by Crippen LogP contribution is 2.35. The molecule has 0 amide bonds. The number of fused-ring (bicyclic) bond motifs is 2. The average Bonchev–Trinajstić information content (AvgIpc) is 3.15. The van der Waals surface area contributed by atoms with E-state index in [0.29, 0.717) is 23.9 Å². The second-order valence-electron chi connectivity index (χ2n) is 6.69. The fourth-order valence-corrected chi connectivity index (χ4v) is 2.93. The van der Waals surface area contributed by atoms with E-state index in [2.05, 4.69) is 30.4 Å². The van der Waals surface area contributed by atoms with Crippen molar-refractivity contribution in [3.05, 3.63) is 42.9 Å². The molecule has 0 atom stereocenters. The highest BCUT2D eigenvalue weighted by molar-refractivity contribution is 5.94. The number of anilines is 2. The van der Waals surface area contributed by atoms with Crippen LogP contribution in [0.15, 0.2) is 42.9 Å². The van der Waals surface area contributed by atoms with E-state index in [0.717, 1.165) is 34.0 Å². The lowest BCUT2D eigenvalue weighted by atomic mass is 10.2. The summed E-state index contributed by atoms with van der Waals surface area (Å²) >= 11 is 0. The van der Waals surface area contributed by atoms with Crippen LogP contribution >= 0.6 is 0 Å². The van der Waals surface area contributed by atoms with Crippen molar-refractivity contribution in [2.45, 2.75) is 0 Å². The van der Waals surface area contributed by atoms with E-state index in [9.17, 15) is 0 Å². The molecule has 144 valence electrons. The molecule has 4 rings (SSSR count). The Bertz CT molecular complexity index is 1110. The molecule has 8 heteroatoms. The molecule has 0 radical (unpaired) electrons. The third-order valence-electron chi connectivity index (χ3n) is 4.42. The number of rotatable bonds is 7. The number of hydrogen-bond donors (Lipinski definition) is 2. The SMILES string of the molecule is COc1cc2ncnc(Nc3ccc4[nH]ncc4c3)c2cc1OCCN(C)C. The van der Waals surface area contributed by atoms with E-state index in [1.165, 1.54) is 6.33 Å². The first-order chi connectivity index (χ1) is 13.6. The van der Waals surface area contributed by atoms with E-state index in [4.69, 9.17) is 9.47 Å². The lowest BCUT2D eigenvalue weighted by Gasteiger charge is -2.15. The van der Waals surface area contributed by atoms with Gasteiger partial charge in [-0.1, -0.05) is 0 Å². The molecule has 0 unspecified atom stereocenters. The van der Waals surface area contributed by atoms with Crippen molar-refractivity contribution in [2.24, 2.45) is 0 Å².